The number of esters is 1. The zero-order valence-electron chi connectivity index (χ0n) is 11.3. The van der Waals surface area contributed by atoms with E-state index >= 15 is 0 Å². The van der Waals surface area contributed by atoms with Gasteiger partial charge in [0.15, 0.2) is 0 Å². The van der Waals surface area contributed by atoms with Gasteiger partial charge in [-0.25, -0.2) is 9.59 Å². The van der Waals surface area contributed by atoms with Gasteiger partial charge in [-0.1, -0.05) is 24.6 Å². The summed E-state index contributed by atoms with van der Waals surface area (Å²) in [4.78, 5) is 22.9. The molecule has 0 saturated heterocycles. The minimum atomic E-state index is -1.39. The van der Waals surface area contributed by atoms with Crippen molar-refractivity contribution in [2.45, 2.75) is 39.3 Å². The molecular weight excluding hydrogens is 246 g/mol. The molecule has 104 valence electrons. The van der Waals surface area contributed by atoms with Gasteiger partial charge in [-0.05, 0) is 32.4 Å². The maximum atomic E-state index is 11.8. The number of nitrogens with one attached hydrogen (secondary N) is 1. The third kappa shape index (κ3) is 4.62. The zero-order chi connectivity index (χ0) is 14.4. The molecule has 5 nitrogen and oxygen atoms in total. The fourth-order valence-corrected chi connectivity index (χ4v) is 1.39. The molecule has 1 aromatic rings. The van der Waals surface area contributed by atoms with Gasteiger partial charge in [0.1, 0.15) is 0 Å². The molecule has 0 fully saturated rings. The lowest BCUT2D eigenvalue weighted by atomic mass is 10.2. The zero-order valence-corrected chi connectivity index (χ0v) is 11.3. The smallest absolute Gasteiger partial charge is 0.340 e. The fourth-order valence-electron chi connectivity index (χ4n) is 1.39. The van der Waals surface area contributed by atoms with Crippen LogP contribution < -0.4 is 5.32 Å². The Hall–Kier alpha value is -2.04. The Labute approximate surface area is 112 Å². The molecule has 0 spiro atoms. The largest absolute Gasteiger partial charge is 0.479 e. The number of carbonyl (C=O) groups excluding carboxylic acids is 1. The molecule has 0 aliphatic carbocycles. The number of hydrogen-bond donors (Lipinski definition) is 2. The van der Waals surface area contributed by atoms with E-state index in [0.717, 1.165) is 5.56 Å². The van der Waals surface area contributed by atoms with Gasteiger partial charge in [-0.2, -0.15) is 0 Å². The summed E-state index contributed by atoms with van der Waals surface area (Å²) in [6, 6.07) is 5.73. The second-order valence-corrected chi connectivity index (χ2v) is 4.44. The Morgan fingerprint density at radius 2 is 1.89 bits per heavy atom. The minimum Gasteiger partial charge on any atom is -0.479 e. The Bertz CT molecular complexity index is 441. The fraction of sp³-hybridized carbons (Fsp3) is 0.429. The number of ether oxygens (including phenoxy) is 1. The van der Waals surface area contributed by atoms with Crippen molar-refractivity contribution < 1.29 is 19.4 Å². The van der Waals surface area contributed by atoms with E-state index in [-0.39, 0.29) is 6.10 Å². The summed E-state index contributed by atoms with van der Waals surface area (Å²) in [7, 11) is 0. The van der Waals surface area contributed by atoms with Crippen molar-refractivity contribution in [2.24, 2.45) is 0 Å². The van der Waals surface area contributed by atoms with Crippen LogP contribution in [0.25, 0.3) is 0 Å². The minimum absolute atomic E-state index is 0.297. The summed E-state index contributed by atoms with van der Waals surface area (Å²) >= 11 is 0. The van der Waals surface area contributed by atoms with E-state index < -0.39 is 18.0 Å². The van der Waals surface area contributed by atoms with Crippen LogP contribution in [-0.2, 0) is 14.3 Å². The average molecular weight is 265 g/mol. The molecule has 0 amide bonds. The predicted octanol–water partition coefficient (Wildman–Crippen LogP) is 2.20. The number of benzene rings is 1. The average Bonchev–Trinajstić information content (AvgIpc) is 2.37. The van der Waals surface area contributed by atoms with E-state index in [9.17, 15) is 9.59 Å². The number of anilines is 1. The highest BCUT2D eigenvalue weighted by Crippen LogP contribution is 2.11. The van der Waals surface area contributed by atoms with Crippen molar-refractivity contribution in [3.8, 4) is 0 Å². The molecule has 2 atom stereocenters. The first-order chi connectivity index (χ1) is 8.93. The molecule has 0 aromatic heterocycles. The van der Waals surface area contributed by atoms with Gasteiger partial charge in [0.25, 0.3) is 0 Å². The van der Waals surface area contributed by atoms with Crippen molar-refractivity contribution >= 4 is 17.6 Å². The number of aliphatic carboxylic acids is 1. The van der Waals surface area contributed by atoms with Crippen molar-refractivity contribution in [3.05, 3.63) is 29.8 Å². The Morgan fingerprint density at radius 3 is 2.37 bits per heavy atom. The number of carbonyl (C=O) groups is 2. The molecule has 1 rings (SSSR count). The topological polar surface area (TPSA) is 75.6 Å². The van der Waals surface area contributed by atoms with Gasteiger partial charge >= 0.3 is 11.9 Å². The molecule has 0 aliphatic rings. The van der Waals surface area contributed by atoms with Crippen molar-refractivity contribution in [2.75, 3.05) is 5.32 Å². The summed E-state index contributed by atoms with van der Waals surface area (Å²) in [6.07, 6.45) is 0.344. The van der Waals surface area contributed by atoms with Crippen LogP contribution in [0, 0.1) is 6.92 Å². The number of carboxylic acid groups (broad SMARTS) is 1. The maximum absolute atomic E-state index is 11.8. The lowest BCUT2D eigenvalue weighted by Gasteiger charge is -2.17. The summed E-state index contributed by atoms with van der Waals surface area (Å²) in [6.45, 7) is 5.51. The molecule has 0 radical (unpaired) electrons. The van der Waals surface area contributed by atoms with Gasteiger partial charge in [0.05, 0.1) is 6.10 Å². The molecule has 1 aromatic carbocycles. The lowest BCUT2D eigenvalue weighted by Crippen LogP contribution is -2.40. The molecule has 2 unspecified atom stereocenters. The highest BCUT2D eigenvalue weighted by atomic mass is 16.5. The van der Waals surface area contributed by atoms with Crippen molar-refractivity contribution in [1.29, 1.82) is 0 Å². The molecule has 2 N–H and O–H groups in total. The first-order valence-corrected chi connectivity index (χ1v) is 6.20. The SMILES string of the molecule is CCC(C)OC(=O)C(Nc1ccc(C)cc1)C(=O)O. The van der Waals surface area contributed by atoms with E-state index in [2.05, 4.69) is 5.32 Å². The highest BCUT2D eigenvalue weighted by molar-refractivity contribution is 6.01. The van der Waals surface area contributed by atoms with Crippen LogP contribution >= 0.6 is 0 Å². The number of carboxylic acids is 1. The van der Waals surface area contributed by atoms with E-state index in [1.807, 2.05) is 26.0 Å². The number of rotatable bonds is 6. The van der Waals surface area contributed by atoms with Gasteiger partial charge in [0.2, 0.25) is 6.04 Å². The first kappa shape index (κ1) is 15.0. The third-order valence-electron chi connectivity index (χ3n) is 2.74. The summed E-state index contributed by atoms with van der Waals surface area (Å²) in [5, 5.41) is 11.7. The standard InChI is InChI=1S/C14H19NO4/c1-4-10(3)19-14(18)12(13(16)17)15-11-7-5-9(2)6-8-11/h5-8,10,12,15H,4H2,1-3H3,(H,16,17). The van der Waals surface area contributed by atoms with Crippen LogP contribution in [0.1, 0.15) is 25.8 Å². The van der Waals surface area contributed by atoms with Gasteiger partial charge in [-0.15, -0.1) is 0 Å². The van der Waals surface area contributed by atoms with E-state index in [1.54, 1.807) is 19.1 Å². The number of aryl methyl sites for hydroxylation is 1. The molecule has 19 heavy (non-hydrogen) atoms. The van der Waals surface area contributed by atoms with Crippen molar-refractivity contribution in [3.63, 3.8) is 0 Å². The van der Waals surface area contributed by atoms with E-state index in [4.69, 9.17) is 9.84 Å². The summed E-state index contributed by atoms with van der Waals surface area (Å²) in [5.41, 5.74) is 1.62. The third-order valence-corrected chi connectivity index (χ3v) is 2.74. The van der Waals surface area contributed by atoms with Crippen molar-refractivity contribution in [1.82, 2.24) is 0 Å². The van der Waals surface area contributed by atoms with Crippen LogP contribution in [-0.4, -0.2) is 29.2 Å². The molecule has 5 heteroatoms. The van der Waals surface area contributed by atoms with E-state index in [1.165, 1.54) is 0 Å². The summed E-state index contributed by atoms with van der Waals surface area (Å²) in [5.74, 6) is -2.03. The molecule has 0 saturated carbocycles. The maximum Gasteiger partial charge on any atom is 0.340 e. The molecular formula is C14H19NO4. The molecule has 0 bridgehead atoms. The number of hydrogen-bond acceptors (Lipinski definition) is 4. The lowest BCUT2D eigenvalue weighted by molar-refractivity contribution is -0.156. The Morgan fingerprint density at radius 1 is 1.32 bits per heavy atom. The van der Waals surface area contributed by atoms with E-state index in [0.29, 0.717) is 12.1 Å². The second kappa shape index (κ2) is 6.78. The Kier molecular flexibility index (Phi) is 5.36. The summed E-state index contributed by atoms with van der Waals surface area (Å²) < 4.78 is 5.04. The molecule has 0 aliphatic heterocycles. The van der Waals surface area contributed by atoms with Crippen LogP contribution in [0.5, 0.6) is 0 Å². The monoisotopic (exact) mass is 265 g/mol. The van der Waals surface area contributed by atoms with Crippen LogP contribution in [0.3, 0.4) is 0 Å². The Balaban J connectivity index is 2.75. The quantitative estimate of drug-likeness (QED) is 0.609. The normalized spacial score (nSPS) is 13.4. The predicted molar refractivity (Wildman–Crippen MR) is 72.1 cm³/mol. The van der Waals surface area contributed by atoms with Gasteiger partial charge < -0.3 is 15.2 Å². The second-order valence-electron chi connectivity index (χ2n) is 4.44. The molecule has 0 heterocycles. The van der Waals surface area contributed by atoms with Gasteiger partial charge in [0, 0.05) is 5.69 Å². The van der Waals surface area contributed by atoms with Crippen LogP contribution in [0.2, 0.25) is 0 Å². The van der Waals surface area contributed by atoms with Crippen LogP contribution in [0.15, 0.2) is 24.3 Å². The first-order valence-electron chi connectivity index (χ1n) is 6.20. The van der Waals surface area contributed by atoms with Crippen LogP contribution in [0.4, 0.5) is 5.69 Å². The van der Waals surface area contributed by atoms with Gasteiger partial charge in [-0.3, -0.25) is 0 Å². The highest BCUT2D eigenvalue weighted by Gasteiger charge is 2.28.